The molecule has 0 saturated carbocycles. The first-order valence-corrected chi connectivity index (χ1v) is 9.64. The van der Waals surface area contributed by atoms with Gasteiger partial charge in [-0.05, 0) is 41.8 Å². The van der Waals surface area contributed by atoms with E-state index in [1.54, 1.807) is 12.1 Å². The maximum absolute atomic E-state index is 12.2. The number of rotatable bonds is 9. The quantitative estimate of drug-likeness (QED) is 0.579. The molecule has 0 saturated heterocycles. The number of ether oxygens (including phenoxy) is 1. The highest BCUT2D eigenvalue weighted by molar-refractivity contribution is 5.85. The number of alkyl halides is 2. The van der Waals surface area contributed by atoms with E-state index in [9.17, 15) is 13.6 Å². The van der Waals surface area contributed by atoms with Crippen LogP contribution < -0.4 is 15.4 Å². The van der Waals surface area contributed by atoms with Gasteiger partial charge in [-0.1, -0.05) is 54.6 Å². The molecular weight excluding hydrogens is 374 g/mol. The van der Waals surface area contributed by atoms with Crippen LogP contribution >= 0.6 is 0 Å². The molecule has 0 aliphatic heterocycles. The first-order valence-electron chi connectivity index (χ1n) is 9.64. The van der Waals surface area contributed by atoms with Crippen molar-refractivity contribution in [1.29, 1.82) is 0 Å². The minimum Gasteiger partial charge on any atom is -0.435 e. The highest BCUT2D eigenvalue weighted by Gasteiger charge is 2.14. The Morgan fingerprint density at radius 3 is 2.52 bits per heavy atom. The number of nitrogens with two attached hydrogens (primary N) is 1. The van der Waals surface area contributed by atoms with E-state index in [1.165, 1.54) is 28.5 Å². The Kier molecular flexibility index (Phi) is 7.14. The number of fused-ring (bicyclic) bond motifs is 1. The number of halogens is 2. The van der Waals surface area contributed by atoms with E-state index in [1.807, 2.05) is 23.5 Å². The molecule has 29 heavy (non-hydrogen) atoms. The molecule has 0 unspecified atom stereocenters. The van der Waals surface area contributed by atoms with Crippen molar-refractivity contribution in [2.24, 2.45) is 0 Å². The van der Waals surface area contributed by atoms with E-state index in [-0.39, 0.29) is 17.7 Å². The number of amides is 1. The maximum atomic E-state index is 12.2. The predicted octanol–water partition coefficient (Wildman–Crippen LogP) is 3.42. The van der Waals surface area contributed by atoms with Gasteiger partial charge in [0.15, 0.2) is 6.54 Å². The molecule has 0 aromatic heterocycles. The Morgan fingerprint density at radius 2 is 1.76 bits per heavy atom. The molecule has 0 heterocycles. The second kappa shape index (κ2) is 9.98. The van der Waals surface area contributed by atoms with E-state index < -0.39 is 6.61 Å². The minimum atomic E-state index is -2.83. The van der Waals surface area contributed by atoms with Crippen LogP contribution in [-0.4, -0.2) is 25.6 Å². The summed E-state index contributed by atoms with van der Waals surface area (Å²) in [4.78, 5) is 12.2. The topological polar surface area (TPSA) is 54.9 Å². The summed E-state index contributed by atoms with van der Waals surface area (Å²) >= 11 is 0. The molecule has 4 nitrogen and oxygen atoms in total. The number of carbonyl (C=O) groups is 1. The normalized spacial score (nSPS) is 12.1. The molecule has 3 rings (SSSR count). The summed E-state index contributed by atoms with van der Waals surface area (Å²) in [5.41, 5.74) is 2.15. The van der Waals surface area contributed by atoms with E-state index in [4.69, 9.17) is 0 Å². The Bertz CT molecular complexity index is 940. The number of nitrogens with one attached hydrogen (secondary N) is 1. The zero-order chi connectivity index (χ0) is 20.6. The third-order valence-corrected chi connectivity index (χ3v) is 4.86. The lowest BCUT2D eigenvalue weighted by Gasteiger charge is -2.14. The van der Waals surface area contributed by atoms with Crippen LogP contribution in [0, 0.1) is 0 Å². The van der Waals surface area contributed by atoms with Gasteiger partial charge in [0.25, 0.3) is 5.91 Å². The van der Waals surface area contributed by atoms with Crippen molar-refractivity contribution in [2.45, 2.75) is 26.0 Å². The standard InChI is InChI=1S/C23H24F2N2O2/c1-16(20-8-4-6-18-5-2-3-7-21(18)20)27-15-22(28)26-14-13-17-9-11-19(12-10-17)29-23(24)25/h2-12,16,23,27H,13-15H2,1H3,(H,26,28)/p+1/t16-/m0/s1. The molecule has 1 amide bonds. The highest BCUT2D eigenvalue weighted by Crippen LogP contribution is 2.22. The summed E-state index contributed by atoms with van der Waals surface area (Å²) in [5, 5.41) is 7.32. The van der Waals surface area contributed by atoms with Crippen LogP contribution in [-0.2, 0) is 11.2 Å². The van der Waals surface area contributed by atoms with Gasteiger partial charge >= 0.3 is 6.61 Å². The third-order valence-electron chi connectivity index (χ3n) is 4.86. The summed E-state index contributed by atoms with van der Waals surface area (Å²) in [6.07, 6.45) is 0.625. The second-order valence-corrected chi connectivity index (χ2v) is 6.92. The van der Waals surface area contributed by atoms with Gasteiger partial charge in [0, 0.05) is 12.1 Å². The average molecular weight is 399 g/mol. The molecule has 0 spiro atoms. The predicted molar refractivity (Wildman–Crippen MR) is 109 cm³/mol. The monoisotopic (exact) mass is 399 g/mol. The molecule has 0 aliphatic rings. The molecule has 0 bridgehead atoms. The minimum absolute atomic E-state index is 0.0326. The number of hydrogen-bond donors (Lipinski definition) is 2. The lowest BCUT2D eigenvalue weighted by Crippen LogP contribution is -2.87. The molecule has 0 fully saturated rings. The average Bonchev–Trinajstić information content (AvgIpc) is 2.72. The van der Waals surface area contributed by atoms with Gasteiger partial charge in [-0.15, -0.1) is 0 Å². The third kappa shape index (κ3) is 5.99. The van der Waals surface area contributed by atoms with Gasteiger partial charge < -0.3 is 15.4 Å². The molecule has 0 aliphatic carbocycles. The van der Waals surface area contributed by atoms with Crippen molar-refractivity contribution >= 4 is 16.7 Å². The van der Waals surface area contributed by atoms with Crippen molar-refractivity contribution < 1.29 is 23.6 Å². The highest BCUT2D eigenvalue weighted by atomic mass is 19.3. The van der Waals surface area contributed by atoms with Crippen LogP contribution in [0.2, 0.25) is 0 Å². The zero-order valence-corrected chi connectivity index (χ0v) is 16.3. The fourth-order valence-corrected chi connectivity index (χ4v) is 3.31. The summed E-state index contributed by atoms with van der Waals surface area (Å²) in [5.74, 6) is 0.0968. The maximum Gasteiger partial charge on any atom is 0.387 e. The molecule has 152 valence electrons. The molecule has 0 radical (unpaired) electrons. The Balaban J connectivity index is 1.44. The van der Waals surface area contributed by atoms with Crippen molar-refractivity contribution in [2.75, 3.05) is 13.1 Å². The molecule has 3 aromatic carbocycles. The smallest absolute Gasteiger partial charge is 0.387 e. The van der Waals surface area contributed by atoms with Gasteiger partial charge in [-0.3, -0.25) is 4.79 Å². The van der Waals surface area contributed by atoms with Gasteiger partial charge in [0.05, 0.1) is 0 Å². The molecular formula is C23H25F2N2O2+. The number of carbonyl (C=O) groups excluding carboxylic acids is 1. The lowest BCUT2D eigenvalue weighted by molar-refractivity contribution is -0.682. The summed E-state index contributed by atoms with van der Waals surface area (Å²) in [6, 6.07) is 21.1. The van der Waals surface area contributed by atoms with Crippen LogP contribution in [0.3, 0.4) is 0 Å². The summed E-state index contributed by atoms with van der Waals surface area (Å²) in [6.45, 7) is 0.0984. The first-order chi connectivity index (χ1) is 14.0. The molecule has 3 N–H and O–H groups in total. The molecule has 3 aromatic rings. The Labute approximate surface area is 168 Å². The van der Waals surface area contributed by atoms with Gasteiger partial charge in [0.1, 0.15) is 11.8 Å². The number of quaternary nitrogens is 1. The summed E-state index contributed by atoms with van der Waals surface area (Å²) < 4.78 is 28.6. The van der Waals surface area contributed by atoms with Crippen LogP contribution in [0.1, 0.15) is 24.1 Å². The fourth-order valence-electron chi connectivity index (χ4n) is 3.31. The lowest BCUT2D eigenvalue weighted by atomic mass is 10.00. The number of benzene rings is 3. The van der Waals surface area contributed by atoms with E-state index in [0.29, 0.717) is 19.5 Å². The van der Waals surface area contributed by atoms with Gasteiger partial charge in [0.2, 0.25) is 0 Å². The molecule has 1 atom stereocenters. The van der Waals surface area contributed by atoms with Crippen LogP contribution in [0.5, 0.6) is 5.75 Å². The zero-order valence-electron chi connectivity index (χ0n) is 16.3. The van der Waals surface area contributed by atoms with Gasteiger partial charge in [-0.25, -0.2) is 0 Å². The second-order valence-electron chi connectivity index (χ2n) is 6.92. The van der Waals surface area contributed by atoms with E-state index in [2.05, 4.69) is 41.2 Å². The number of hydrogen-bond acceptors (Lipinski definition) is 2. The largest absolute Gasteiger partial charge is 0.435 e. The van der Waals surface area contributed by atoms with Crippen LogP contribution in [0.15, 0.2) is 66.7 Å². The van der Waals surface area contributed by atoms with Crippen molar-refractivity contribution in [3.63, 3.8) is 0 Å². The first kappa shape index (κ1) is 20.7. The summed E-state index contributed by atoms with van der Waals surface area (Å²) in [7, 11) is 0. The van der Waals surface area contributed by atoms with Crippen LogP contribution in [0.4, 0.5) is 8.78 Å². The van der Waals surface area contributed by atoms with E-state index >= 15 is 0 Å². The van der Waals surface area contributed by atoms with Gasteiger partial charge in [-0.2, -0.15) is 8.78 Å². The fraction of sp³-hybridized carbons (Fsp3) is 0.261. The Morgan fingerprint density at radius 1 is 1.03 bits per heavy atom. The van der Waals surface area contributed by atoms with Crippen molar-refractivity contribution in [3.05, 3.63) is 77.9 Å². The van der Waals surface area contributed by atoms with Crippen molar-refractivity contribution in [3.8, 4) is 5.75 Å². The Hall–Kier alpha value is -2.99. The van der Waals surface area contributed by atoms with E-state index in [0.717, 1.165) is 5.56 Å². The van der Waals surface area contributed by atoms with Crippen molar-refractivity contribution in [1.82, 2.24) is 5.32 Å². The molecule has 6 heteroatoms. The SMILES string of the molecule is C[C@H]([NH2+]CC(=O)NCCc1ccc(OC(F)F)cc1)c1cccc2ccccc12. The van der Waals surface area contributed by atoms with Crippen LogP contribution in [0.25, 0.3) is 10.8 Å².